The Morgan fingerprint density at radius 1 is 1.19 bits per heavy atom. The number of likely N-dealkylation sites (tertiary alicyclic amines) is 1. The smallest absolute Gasteiger partial charge is 0.317 e. The van der Waals surface area contributed by atoms with E-state index in [1.165, 1.54) is 6.07 Å². The van der Waals surface area contributed by atoms with Crippen LogP contribution in [-0.4, -0.2) is 36.0 Å². The number of ether oxygens (including phenoxy) is 1. The first-order valence-electron chi connectivity index (χ1n) is 9.80. The molecule has 1 saturated carbocycles. The molecule has 2 fully saturated rings. The lowest BCUT2D eigenvalue weighted by Crippen LogP contribution is -2.46. The third-order valence-electron chi connectivity index (χ3n) is 5.98. The molecule has 5 heteroatoms. The van der Waals surface area contributed by atoms with Gasteiger partial charge < -0.3 is 9.64 Å². The summed E-state index contributed by atoms with van der Waals surface area (Å²) >= 11 is 0. The number of esters is 1. The standard InChI is InChI=1S/C21H28FNO3/c1-2-16-9-5-8-14-23(16)19(24)15-26-20(25)21(12-6-7-13-21)17-10-3-4-11-18(17)22/h3-4,10-11,16H,2,5-9,12-15H2,1H3/t16-/m1/s1. The number of amides is 1. The normalized spacial score (nSPS) is 22.2. The second kappa shape index (κ2) is 8.19. The Hall–Kier alpha value is -1.91. The maximum Gasteiger partial charge on any atom is 0.317 e. The SMILES string of the molecule is CC[C@@H]1CCCCN1C(=O)COC(=O)C1(c2ccccc2F)CCCC1. The highest BCUT2D eigenvalue weighted by atomic mass is 19.1. The summed E-state index contributed by atoms with van der Waals surface area (Å²) in [4.78, 5) is 27.3. The molecule has 0 bridgehead atoms. The molecular weight excluding hydrogens is 333 g/mol. The largest absolute Gasteiger partial charge is 0.455 e. The number of benzene rings is 1. The molecule has 1 aromatic carbocycles. The van der Waals surface area contributed by atoms with Crippen molar-refractivity contribution in [3.63, 3.8) is 0 Å². The molecular formula is C21H28FNO3. The first-order valence-corrected chi connectivity index (χ1v) is 9.80. The minimum atomic E-state index is -0.947. The molecule has 3 rings (SSSR count). The number of rotatable bonds is 5. The van der Waals surface area contributed by atoms with Gasteiger partial charge >= 0.3 is 5.97 Å². The summed E-state index contributed by atoms with van der Waals surface area (Å²) < 4.78 is 19.8. The summed E-state index contributed by atoms with van der Waals surface area (Å²) in [5.41, 5.74) is -0.545. The van der Waals surface area contributed by atoms with Gasteiger partial charge in [-0.05, 0) is 44.6 Å². The van der Waals surface area contributed by atoms with E-state index in [9.17, 15) is 14.0 Å². The Morgan fingerprint density at radius 2 is 1.92 bits per heavy atom. The van der Waals surface area contributed by atoms with Crippen LogP contribution in [0.3, 0.4) is 0 Å². The van der Waals surface area contributed by atoms with Crippen LogP contribution >= 0.6 is 0 Å². The summed E-state index contributed by atoms with van der Waals surface area (Å²) in [6.45, 7) is 2.56. The summed E-state index contributed by atoms with van der Waals surface area (Å²) in [5.74, 6) is -0.968. The average Bonchev–Trinajstić information content (AvgIpc) is 3.17. The van der Waals surface area contributed by atoms with Gasteiger partial charge in [0.05, 0.1) is 5.41 Å². The van der Waals surface area contributed by atoms with E-state index in [2.05, 4.69) is 6.92 Å². The maximum atomic E-state index is 14.4. The fraction of sp³-hybridized carbons (Fsp3) is 0.619. The van der Waals surface area contributed by atoms with Crippen molar-refractivity contribution >= 4 is 11.9 Å². The third-order valence-corrected chi connectivity index (χ3v) is 5.98. The molecule has 0 aromatic heterocycles. The molecule has 1 saturated heterocycles. The molecule has 1 aromatic rings. The van der Waals surface area contributed by atoms with Crippen LogP contribution in [0.25, 0.3) is 0 Å². The Labute approximate surface area is 154 Å². The van der Waals surface area contributed by atoms with Crippen LogP contribution in [0.15, 0.2) is 24.3 Å². The zero-order valence-electron chi connectivity index (χ0n) is 15.5. The first-order chi connectivity index (χ1) is 12.6. The maximum absolute atomic E-state index is 14.4. The van der Waals surface area contributed by atoms with Gasteiger partial charge in [-0.25, -0.2) is 4.39 Å². The van der Waals surface area contributed by atoms with Crippen molar-refractivity contribution in [2.45, 2.75) is 69.7 Å². The van der Waals surface area contributed by atoms with Crippen molar-refractivity contribution in [3.05, 3.63) is 35.6 Å². The van der Waals surface area contributed by atoms with Crippen molar-refractivity contribution < 1.29 is 18.7 Å². The monoisotopic (exact) mass is 361 g/mol. The van der Waals surface area contributed by atoms with Gasteiger partial charge in [-0.1, -0.05) is 38.0 Å². The molecule has 1 heterocycles. The van der Waals surface area contributed by atoms with Crippen LogP contribution in [0.4, 0.5) is 4.39 Å². The van der Waals surface area contributed by atoms with Gasteiger partial charge in [-0.15, -0.1) is 0 Å². The molecule has 0 spiro atoms. The number of halogens is 1. The van der Waals surface area contributed by atoms with Crippen LogP contribution in [0.5, 0.6) is 0 Å². The predicted octanol–water partition coefficient (Wildman–Crippen LogP) is 3.97. The van der Waals surface area contributed by atoms with Crippen molar-refractivity contribution in [1.29, 1.82) is 0 Å². The lowest BCUT2D eigenvalue weighted by Gasteiger charge is -2.35. The van der Waals surface area contributed by atoms with Gasteiger partial charge in [-0.3, -0.25) is 9.59 Å². The zero-order valence-corrected chi connectivity index (χ0v) is 15.5. The second-order valence-corrected chi connectivity index (χ2v) is 7.49. The van der Waals surface area contributed by atoms with E-state index >= 15 is 0 Å². The number of carbonyl (C=O) groups is 2. The number of carbonyl (C=O) groups excluding carboxylic acids is 2. The average molecular weight is 361 g/mol. The topological polar surface area (TPSA) is 46.6 Å². The lowest BCUT2D eigenvalue weighted by molar-refractivity contribution is -0.158. The van der Waals surface area contributed by atoms with E-state index in [4.69, 9.17) is 4.74 Å². The van der Waals surface area contributed by atoms with E-state index in [1.54, 1.807) is 18.2 Å². The number of nitrogens with zero attached hydrogens (tertiary/aromatic N) is 1. The third kappa shape index (κ3) is 3.62. The molecule has 1 amide bonds. The summed E-state index contributed by atoms with van der Waals surface area (Å²) in [6, 6.07) is 6.66. The zero-order chi connectivity index (χ0) is 18.6. The predicted molar refractivity (Wildman–Crippen MR) is 97.1 cm³/mol. The van der Waals surface area contributed by atoms with E-state index < -0.39 is 11.4 Å². The van der Waals surface area contributed by atoms with Crippen LogP contribution in [0.2, 0.25) is 0 Å². The van der Waals surface area contributed by atoms with Crippen LogP contribution < -0.4 is 0 Å². The van der Waals surface area contributed by atoms with Gasteiger partial charge in [0.15, 0.2) is 6.61 Å². The lowest BCUT2D eigenvalue weighted by atomic mass is 9.78. The molecule has 0 N–H and O–H groups in total. The molecule has 1 atom stereocenters. The van der Waals surface area contributed by atoms with Gasteiger partial charge in [0.1, 0.15) is 5.82 Å². The molecule has 0 unspecified atom stereocenters. The Balaban J connectivity index is 1.69. The number of hydrogen-bond acceptors (Lipinski definition) is 3. The van der Waals surface area contributed by atoms with Gasteiger partial charge in [-0.2, -0.15) is 0 Å². The van der Waals surface area contributed by atoms with E-state index in [-0.39, 0.29) is 24.4 Å². The number of hydrogen-bond donors (Lipinski definition) is 0. The van der Waals surface area contributed by atoms with Crippen molar-refractivity contribution in [2.75, 3.05) is 13.2 Å². The Bertz CT molecular complexity index is 654. The highest BCUT2D eigenvalue weighted by Gasteiger charge is 2.46. The second-order valence-electron chi connectivity index (χ2n) is 7.49. The molecule has 1 aliphatic heterocycles. The minimum absolute atomic E-state index is 0.133. The first kappa shape index (κ1) is 18.9. The Morgan fingerprint density at radius 3 is 2.62 bits per heavy atom. The van der Waals surface area contributed by atoms with Crippen LogP contribution in [0.1, 0.15) is 63.9 Å². The van der Waals surface area contributed by atoms with Crippen LogP contribution in [-0.2, 0) is 19.7 Å². The Kier molecular flexibility index (Phi) is 5.94. The molecule has 2 aliphatic rings. The van der Waals surface area contributed by atoms with Gasteiger partial charge in [0.2, 0.25) is 0 Å². The number of piperidine rings is 1. The molecule has 0 radical (unpaired) electrons. The molecule has 26 heavy (non-hydrogen) atoms. The molecule has 142 valence electrons. The van der Waals surface area contributed by atoms with E-state index in [1.807, 2.05) is 4.90 Å². The summed E-state index contributed by atoms with van der Waals surface area (Å²) in [6.07, 6.45) is 6.93. The van der Waals surface area contributed by atoms with Gasteiger partial charge in [0, 0.05) is 18.2 Å². The van der Waals surface area contributed by atoms with Crippen molar-refractivity contribution in [3.8, 4) is 0 Å². The minimum Gasteiger partial charge on any atom is -0.455 e. The highest BCUT2D eigenvalue weighted by molar-refractivity contribution is 5.87. The molecule has 1 aliphatic carbocycles. The summed E-state index contributed by atoms with van der Waals surface area (Å²) in [7, 11) is 0. The van der Waals surface area contributed by atoms with Crippen molar-refractivity contribution in [2.24, 2.45) is 0 Å². The fourth-order valence-electron chi connectivity index (χ4n) is 4.51. The molecule has 4 nitrogen and oxygen atoms in total. The summed E-state index contributed by atoms with van der Waals surface area (Å²) in [5, 5.41) is 0. The fourth-order valence-corrected chi connectivity index (χ4v) is 4.51. The van der Waals surface area contributed by atoms with Crippen LogP contribution in [0, 0.1) is 5.82 Å². The van der Waals surface area contributed by atoms with E-state index in [0.717, 1.165) is 45.1 Å². The quantitative estimate of drug-likeness (QED) is 0.746. The van der Waals surface area contributed by atoms with Crippen molar-refractivity contribution in [1.82, 2.24) is 4.90 Å². The highest BCUT2D eigenvalue weighted by Crippen LogP contribution is 2.43. The van der Waals surface area contributed by atoms with Gasteiger partial charge in [0.25, 0.3) is 5.91 Å². The van der Waals surface area contributed by atoms with E-state index in [0.29, 0.717) is 18.4 Å².